The quantitative estimate of drug-likeness (QED) is 0.684. The topological polar surface area (TPSA) is 87.7 Å². The molecular weight excluding hydrogens is 372 g/mol. The molecule has 2 heterocycles. The van der Waals surface area contributed by atoms with Crippen LogP contribution in [0.15, 0.2) is 51.5 Å². The van der Waals surface area contributed by atoms with Gasteiger partial charge >= 0.3 is 5.97 Å². The molecule has 1 aromatic carbocycles. The fourth-order valence-electron chi connectivity index (χ4n) is 2.64. The van der Waals surface area contributed by atoms with Crippen molar-refractivity contribution in [3.8, 4) is 0 Å². The molecule has 136 valence electrons. The zero-order valence-corrected chi connectivity index (χ0v) is 15.9. The van der Waals surface area contributed by atoms with Crippen molar-refractivity contribution in [1.82, 2.24) is 10.6 Å². The predicted molar refractivity (Wildman–Crippen MR) is 104 cm³/mol. The number of carbonyl (C=O) groups is 2. The molecule has 0 aliphatic carbocycles. The van der Waals surface area contributed by atoms with Crippen LogP contribution >= 0.6 is 24.0 Å². The number of carboxylic acid groups (broad SMARTS) is 1. The van der Waals surface area contributed by atoms with Gasteiger partial charge < -0.3 is 20.5 Å². The van der Waals surface area contributed by atoms with Crippen LogP contribution in [0, 0.1) is 0 Å². The van der Waals surface area contributed by atoms with Gasteiger partial charge in [-0.05, 0) is 26.0 Å². The van der Waals surface area contributed by atoms with E-state index in [-0.39, 0.29) is 22.2 Å². The van der Waals surface area contributed by atoms with E-state index in [0.717, 1.165) is 10.6 Å². The van der Waals surface area contributed by atoms with Crippen LogP contribution in [0.25, 0.3) is 0 Å². The second-order valence-electron chi connectivity index (χ2n) is 6.51. The van der Waals surface area contributed by atoms with Crippen LogP contribution in [0.3, 0.4) is 0 Å². The van der Waals surface area contributed by atoms with Crippen molar-refractivity contribution in [3.05, 3.63) is 57.1 Å². The van der Waals surface area contributed by atoms with E-state index in [2.05, 4.69) is 10.6 Å². The second kappa shape index (κ2) is 7.22. The third-order valence-corrected chi connectivity index (χ3v) is 5.60. The van der Waals surface area contributed by atoms with E-state index in [9.17, 15) is 14.7 Å². The molecule has 0 saturated heterocycles. The van der Waals surface area contributed by atoms with Gasteiger partial charge in [0.25, 0.3) is 5.91 Å². The molecule has 0 unspecified atom stereocenters. The molecule has 26 heavy (non-hydrogen) atoms. The van der Waals surface area contributed by atoms with Crippen LogP contribution in [0.4, 0.5) is 0 Å². The summed E-state index contributed by atoms with van der Waals surface area (Å²) in [6.07, 6.45) is 0.572. The Morgan fingerprint density at radius 1 is 1.31 bits per heavy atom. The fourth-order valence-corrected chi connectivity index (χ4v) is 3.96. The lowest BCUT2D eigenvalue weighted by atomic mass is 9.99. The highest BCUT2D eigenvalue weighted by molar-refractivity contribution is 8.08. The number of carbonyl (C=O) groups excluding carboxylic acids is 1. The van der Waals surface area contributed by atoms with Crippen LogP contribution in [-0.2, 0) is 9.53 Å². The first-order chi connectivity index (χ1) is 12.3. The number of thiocarbonyl (C=S) groups is 1. The molecule has 0 atom stereocenters. The molecule has 2 aliphatic heterocycles. The molecule has 1 amide bonds. The Labute approximate surface area is 160 Å². The summed E-state index contributed by atoms with van der Waals surface area (Å²) in [5.74, 6) is -1.51. The molecule has 0 aromatic heterocycles. The molecule has 1 aromatic rings. The highest BCUT2D eigenvalue weighted by Gasteiger charge is 2.35. The third-order valence-electron chi connectivity index (χ3n) is 3.94. The maximum Gasteiger partial charge on any atom is 0.353 e. The van der Waals surface area contributed by atoms with Crippen molar-refractivity contribution < 1.29 is 19.4 Å². The van der Waals surface area contributed by atoms with Crippen molar-refractivity contribution in [1.29, 1.82) is 0 Å². The number of ether oxygens (including phenoxy) is 1. The highest BCUT2D eigenvalue weighted by Crippen LogP contribution is 2.40. The Bertz CT molecular complexity index is 844. The molecule has 0 bridgehead atoms. The lowest BCUT2D eigenvalue weighted by molar-refractivity contribution is -0.133. The minimum atomic E-state index is -1.13. The standard InChI is InChI=1S/C18H18N2O4S2/c1-18(2)8-11-12(9-24-18)26-14(13(19-11)17(22)23)16(25)20-15(21)10-6-4-3-5-7-10/h3-7,19H,8-9H2,1-2H3,(H,22,23)(H,20,21,25). The summed E-state index contributed by atoms with van der Waals surface area (Å²) < 4.78 is 5.79. The number of hydrogen-bond donors (Lipinski definition) is 3. The van der Waals surface area contributed by atoms with Crippen LogP contribution < -0.4 is 10.6 Å². The van der Waals surface area contributed by atoms with Crippen molar-refractivity contribution >= 4 is 40.8 Å². The second-order valence-corrected chi connectivity index (χ2v) is 8.03. The molecule has 6 nitrogen and oxygen atoms in total. The van der Waals surface area contributed by atoms with Gasteiger partial charge in [0.15, 0.2) is 0 Å². The van der Waals surface area contributed by atoms with Crippen LogP contribution in [0.2, 0.25) is 0 Å². The van der Waals surface area contributed by atoms with Gasteiger partial charge in [-0.15, -0.1) is 0 Å². The average Bonchev–Trinajstić information content (AvgIpc) is 2.60. The molecular formula is C18H18N2O4S2. The molecule has 3 N–H and O–H groups in total. The normalized spacial score (nSPS) is 18.7. The average molecular weight is 390 g/mol. The molecule has 0 radical (unpaired) electrons. The van der Waals surface area contributed by atoms with Crippen molar-refractivity contribution in [2.75, 3.05) is 6.61 Å². The molecule has 0 fully saturated rings. The number of nitrogens with one attached hydrogen (secondary N) is 2. The summed E-state index contributed by atoms with van der Waals surface area (Å²) in [5.41, 5.74) is 0.883. The van der Waals surface area contributed by atoms with Gasteiger partial charge in [-0.1, -0.05) is 42.2 Å². The fraction of sp³-hybridized carbons (Fsp3) is 0.278. The van der Waals surface area contributed by atoms with Gasteiger partial charge in [0.2, 0.25) is 0 Å². The van der Waals surface area contributed by atoms with Crippen LogP contribution in [0.5, 0.6) is 0 Å². The summed E-state index contributed by atoms with van der Waals surface area (Å²) in [7, 11) is 0. The lowest BCUT2D eigenvalue weighted by Gasteiger charge is -2.36. The number of benzene rings is 1. The van der Waals surface area contributed by atoms with E-state index in [1.165, 1.54) is 11.8 Å². The zero-order chi connectivity index (χ0) is 18.9. The highest BCUT2D eigenvalue weighted by atomic mass is 32.2. The number of aliphatic carboxylic acids is 1. The minimum absolute atomic E-state index is 0.0233. The minimum Gasteiger partial charge on any atom is -0.477 e. The predicted octanol–water partition coefficient (Wildman–Crippen LogP) is 2.79. The van der Waals surface area contributed by atoms with E-state index in [4.69, 9.17) is 17.0 Å². The Hall–Kier alpha value is -2.16. The first-order valence-corrected chi connectivity index (χ1v) is 9.18. The largest absolute Gasteiger partial charge is 0.477 e. The smallest absolute Gasteiger partial charge is 0.353 e. The Balaban J connectivity index is 1.82. The van der Waals surface area contributed by atoms with Crippen molar-refractivity contribution in [2.24, 2.45) is 0 Å². The number of amides is 1. The first kappa shape index (κ1) is 18.6. The molecule has 8 heteroatoms. The lowest BCUT2D eigenvalue weighted by Crippen LogP contribution is -2.39. The maximum atomic E-state index is 12.3. The van der Waals surface area contributed by atoms with E-state index in [1.807, 2.05) is 13.8 Å². The van der Waals surface area contributed by atoms with Crippen LogP contribution in [0.1, 0.15) is 30.6 Å². The summed E-state index contributed by atoms with van der Waals surface area (Å²) in [6.45, 7) is 4.27. The van der Waals surface area contributed by atoms with Gasteiger partial charge in [-0.2, -0.15) is 0 Å². The number of carboxylic acids is 1. The zero-order valence-electron chi connectivity index (χ0n) is 14.3. The van der Waals surface area contributed by atoms with Crippen LogP contribution in [-0.4, -0.2) is 34.2 Å². The molecule has 2 aliphatic rings. The number of rotatable bonds is 3. The summed E-state index contributed by atoms with van der Waals surface area (Å²) >= 11 is 6.54. The Kier molecular flexibility index (Phi) is 5.17. The van der Waals surface area contributed by atoms with Gasteiger partial charge in [0.1, 0.15) is 10.7 Å². The summed E-state index contributed by atoms with van der Waals surface area (Å²) in [5, 5.41) is 15.2. The third kappa shape index (κ3) is 3.98. The van der Waals surface area contributed by atoms with E-state index < -0.39 is 5.97 Å². The van der Waals surface area contributed by atoms with E-state index >= 15 is 0 Å². The number of thioether (sulfide) groups is 1. The number of hydrogen-bond acceptors (Lipinski definition) is 6. The van der Waals surface area contributed by atoms with E-state index in [1.54, 1.807) is 30.3 Å². The van der Waals surface area contributed by atoms with Crippen molar-refractivity contribution in [2.45, 2.75) is 25.9 Å². The monoisotopic (exact) mass is 390 g/mol. The SMILES string of the molecule is CC1(C)CC2=C(CO1)SC(C(=S)NC(=O)c1ccccc1)=C(C(=O)O)N2. The van der Waals surface area contributed by atoms with Crippen molar-refractivity contribution in [3.63, 3.8) is 0 Å². The maximum absolute atomic E-state index is 12.3. The molecule has 3 rings (SSSR count). The first-order valence-electron chi connectivity index (χ1n) is 7.96. The Morgan fingerprint density at radius 2 is 2.00 bits per heavy atom. The van der Waals surface area contributed by atoms with Gasteiger partial charge in [-0.25, -0.2) is 4.79 Å². The molecule has 0 saturated carbocycles. The molecule has 0 spiro atoms. The Morgan fingerprint density at radius 3 is 2.65 bits per heavy atom. The summed E-state index contributed by atoms with van der Waals surface area (Å²) in [4.78, 5) is 25.3. The van der Waals surface area contributed by atoms with Gasteiger partial charge in [0.05, 0.1) is 17.1 Å². The summed E-state index contributed by atoms with van der Waals surface area (Å²) in [6, 6.07) is 8.62. The van der Waals surface area contributed by atoms with Gasteiger partial charge in [-0.3, -0.25) is 4.79 Å². The van der Waals surface area contributed by atoms with Gasteiger partial charge in [0, 0.05) is 22.6 Å². The van der Waals surface area contributed by atoms with E-state index in [0.29, 0.717) is 23.5 Å².